The van der Waals surface area contributed by atoms with Crippen LogP contribution in [0.5, 0.6) is 0 Å². The molecule has 90 valence electrons. The number of nitrogens with one attached hydrogen (secondary N) is 1. The summed E-state index contributed by atoms with van der Waals surface area (Å²) in [6.45, 7) is 4.70. The van der Waals surface area contributed by atoms with Gasteiger partial charge in [-0.1, -0.05) is 41.9 Å². The normalized spacial score (nSPS) is 11.1. The van der Waals surface area contributed by atoms with E-state index in [0.29, 0.717) is 12.5 Å². The first-order valence-corrected chi connectivity index (χ1v) is 6.40. The molecule has 0 bridgehead atoms. The molecule has 17 heavy (non-hydrogen) atoms. The maximum absolute atomic E-state index is 11.8. The summed E-state index contributed by atoms with van der Waals surface area (Å²) in [5, 5.41) is 3.14. The van der Waals surface area contributed by atoms with E-state index in [9.17, 15) is 4.79 Å². The maximum Gasteiger partial charge on any atom is 0.267 e. The topological polar surface area (TPSA) is 37.8 Å². The second kappa shape index (κ2) is 4.92. The predicted octanol–water partition coefficient (Wildman–Crippen LogP) is 3.11. The highest BCUT2D eigenvalue weighted by atomic mass is 79.9. The Kier molecular flexibility index (Phi) is 3.52. The van der Waals surface area contributed by atoms with Gasteiger partial charge in [0.05, 0.1) is 6.54 Å². The first-order valence-electron chi connectivity index (χ1n) is 5.60. The number of hydrogen-bond acceptors (Lipinski definition) is 1. The van der Waals surface area contributed by atoms with Crippen molar-refractivity contribution in [3.05, 3.63) is 56.4 Å². The van der Waals surface area contributed by atoms with Crippen LogP contribution < -0.4 is 5.56 Å². The fourth-order valence-corrected chi connectivity index (χ4v) is 2.13. The molecule has 1 heterocycles. The summed E-state index contributed by atoms with van der Waals surface area (Å²) >= 11 is 3.42. The number of halogens is 1. The van der Waals surface area contributed by atoms with Crippen molar-refractivity contribution in [1.82, 2.24) is 9.78 Å². The lowest BCUT2D eigenvalue weighted by Crippen LogP contribution is -2.16. The molecular weight excluding hydrogens is 280 g/mol. The van der Waals surface area contributed by atoms with E-state index >= 15 is 0 Å². The van der Waals surface area contributed by atoms with E-state index in [-0.39, 0.29) is 5.56 Å². The molecule has 0 fully saturated rings. The van der Waals surface area contributed by atoms with Crippen LogP contribution in [0.4, 0.5) is 0 Å². The Hall–Kier alpha value is -1.29. The van der Waals surface area contributed by atoms with E-state index in [2.05, 4.69) is 34.9 Å². The van der Waals surface area contributed by atoms with Crippen LogP contribution in [0.2, 0.25) is 0 Å². The molecule has 0 aliphatic heterocycles. The van der Waals surface area contributed by atoms with E-state index in [0.717, 1.165) is 15.7 Å². The van der Waals surface area contributed by atoms with Crippen molar-refractivity contribution in [3.63, 3.8) is 0 Å². The molecule has 3 nitrogen and oxygen atoms in total. The van der Waals surface area contributed by atoms with Crippen LogP contribution in [0, 0.1) is 0 Å². The number of aromatic amines is 1. The highest BCUT2D eigenvalue weighted by Gasteiger charge is 2.06. The van der Waals surface area contributed by atoms with Gasteiger partial charge in [-0.25, -0.2) is 4.68 Å². The van der Waals surface area contributed by atoms with Gasteiger partial charge in [-0.2, -0.15) is 0 Å². The highest BCUT2D eigenvalue weighted by molar-refractivity contribution is 9.10. The van der Waals surface area contributed by atoms with Crippen molar-refractivity contribution in [1.29, 1.82) is 0 Å². The monoisotopic (exact) mass is 294 g/mol. The van der Waals surface area contributed by atoms with E-state index in [1.165, 1.54) is 0 Å². The smallest absolute Gasteiger partial charge is 0.267 e. The molecule has 1 N–H and O–H groups in total. The fourth-order valence-electron chi connectivity index (χ4n) is 1.69. The van der Waals surface area contributed by atoms with Crippen LogP contribution >= 0.6 is 15.9 Å². The van der Waals surface area contributed by atoms with Crippen molar-refractivity contribution >= 4 is 15.9 Å². The molecule has 1 aromatic heterocycles. The molecule has 0 unspecified atom stereocenters. The zero-order chi connectivity index (χ0) is 12.4. The van der Waals surface area contributed by atoms with E-state index in [1.54, 1.807) is 10.7 Å². The number of nitrogens with zero attached hydrogens (tertiary/aromatic N) is 1. The summed E-state index contributed by atoms with van der Waals surface area (Å²) in [7, 11) is 0. The molecule has 0 amide bonds. The molecule has 0 aliphatic rings. The lowest BCUT2D eigenvalue weighted by Gasteiger charge is -2.04. The Balaban J connectivity index is 2.27. The summed E-state index contributed by atoms with van der Waals surface area (Å²) in [5.41, 5.74) is 2.09. The van der Waals surface area contributed by atoms with Crippen molar-refractivity contribution in [2.24, 2.45) is 0 Å². The van der Waals surface area contributed by atoms with Gasteiger partial charge < -0.3 is 0 Å². The predicted molar refractivity (Wildman–Crippen MR) is 72.4 cm³/mol. The van der Waals surface area contributed by atoms with Crippen LogP contribution in [0.1, 0.15) is 31.0 Å². The summed E-state index contributed by atoms with van der Waals surface area (Å²) < 4.78 is 2.66. The highest BCUT2D eigenvalue weighted by Crippen LogP contribution is 2.13. The molecule has 2 aromatic rings. The van der Waals surface area contributed by atoms with E-state index < -0.39 is 0 Å². The molecule has 4 heteroatoms. The summed E-state index contributed by atoms with van der Waals surface area (Å²) in [6, 6.07) is 9.63. The summed E-state index contributed by atoms with van der Waals surface area (Å²) in [5.74, 6) is 0.339. The van der Waals surface area contributed by atoms with Crippen molar-refractivity contribution in [2.45, 2.75) is 26.3 Å². The van der Waals surface area contributed by atoms with Gasteiger partial charge in [-0.3, -0.25) is 9.89 Å². The van der Waals surface area contributed by atoms with Crippen molar-refractivity contribution < 1.29 is 0 Å². The Morgan fingerprint density at radius 2 is 2.12 bits per heavy atom. The quantitative estimate of drug-likeness (QED) is 0.928. The average molecular weight is 295 g/mol. The minimum Gasteiger partial charge on any atom is -0.299 e. The summed E-state index contributed by atoms with van der Waals surface area (Å²) in [6.07, 6.45) is 0. The second-order valence-corrected chi connectivity index (χ2v) is 5.34. The van der Waals surface area contributed by atoms with Crippen LogP contribution in [0.15, 0.2) is 39.6 Å². The third kappa shape index (κ3) is 2.88. The fraction of sp³-hybridized carbons (Fsp3) is 0.308. The zero-order valence-electron chi connectivity index (χ0n) is 9.90. The largest absolute Gasteiger partial charge is 0.299 e. The summed E-state index contributed by atoms with van der Waals surface area (Å²) in [4.78, 5) is 11.8. The van der Waals surface area contributed by atoms with Gasteiger partial charge in [0.15, 0.2) is 0 Å². The second-order valence-electron chi connectivity index (χ2n) is 4.42. The average Bonchev–Trinajstić information content (AvgIpc) is 2.61. The van der Waals surface area contributed by atoms with Gasteiger partial charge in [0.1, 0.15) is 0 Å². The molecule has 0 atom stereocenters. The lowest BCUT2D eigenvalue weighted by atomic mass is 10.1. The zero-order valence-corrected chi connectivity index (χ0v) is 11.5. The third-order valence-corrected chi connectivity index (χ3v) is 3.15. The van der Waals surface area contributed by atoms with Crippen LogP contribution in [-0.4, -0.2) is 9.78 Å². The number of hydrogen-bond donors (Lipinski definition) is 1. The maximum atomic E-state index is 11.8. The first-order chi connectivity index (χ1) is 8.06. The van der Waals surface area contributed by atoms with Gasteiger partial charge in [0.25, 0.3) is 5.56 Å². The van der Waals surface area contributed by atoms with Crippen LogP contribution in [0.3, 0.4) is 0 Å². The van der Waals surface area contributed by atoms with E-state index in [1.807, 2.05) is 24.3 Å². The Bertz CT molecular complexity index is 569. The third-order valence-electron chi connectivity index (χ3n) is 2.66. The lowest BCUT2D eigenvalue weighted by molar-refractivity contribution is 0.640. The molecule has 1 aromatic carbocycles. The van der Waals surface area contributed by atoms with Crippen LogP contribution in [-0.2, 0) is 6.54 Å². The van der Waals surface area contributed by atoms with Gasteiger partial charge in [-0.05, 0) is 23.6 Å². The Morgan fingerprint density at radius 3 is 2.71 bits per heavy atom. The standard InChI is InChI=1S/C13H15BrN2O/c1-9(2)12-7-13(17)16(15-12)8-10-4-3-5-11(14)6-10/h3-7,9,15H,8H2,1-2H3. The number of benzene rings is 1. The van der Waals surface area contributed by atoms with Gasteiger partial charge in [-0.15, -0.1) is 0 Å². The number of H-pyrrole nitrogens is 1. The molecule has 0 saturated carbocycles. The van der Waals surface area contributed by atoms with Gasteiger partial charge in [0, 0.05) is 16.2 Å². The van der Waals surface area contributed by atoms with Gasteiger partial charge >= 0.3 is 0 Å². The van der Waals surface area contributed by atoms with Crippen LogP contribution in [0.25, 0.3) is 0 Å². The first kappa shape index (κ1) is 12.2. The Morgan fingerprint density at radius 1 is 1.35 bits per heavy atom. The molecular formula is C13H15BrN2O. The molecule has 0 saturated heterocycles. The molecule has 0 aliphatic carbocycles. The number of aromatic nitrogens is 2. The minimum atomic E-state index is 0.0219. The van der Waals surface area contributed by atoms with Crippen molar-refractivity contribution in [3.8, 4) is 0 Å². The molecule has 0 spiro atoms. The molecule has 2 rings (SSSR count). The van der Waals surface area contributed by atoms with Gasteiger partial charge in [0.2, 0.25) is 0 Å². The Labute approximate surface area is 109 Å². The SMILES string of the molecule is CC(C)c1cc(=O)n(Cc2cccc(Br)c2)[nH]1. The molecule has 0 radical (unpaired) electrons. The minimum absolute atomic E-state index is 0.0219. The van der Waals surface area contributed by atoms with Crippen molar-refractivity contribution in [2.75, 3.05) is 0 Å². The number of rotatable bonds is 3. The van der Waals surface area contributed by atoms with E-state index in [4.69, 9.17) is 0 Å².